The van der Waals surface area contributed by atoms with E-state index < -0.39 is 11.9 Å². The predicted octanol–water partition coefficient (Wildman–Crippen LogP) is 1.19. The van der Waals surface area contributed by atoms with Crippen LogP contribution in [-0.2, 0) is 19.1 Å². The van der Waals surface area contributed by atoms with Crippen molar-refractivity contribution in [1.82, 2.24) is 5.43 Å². The molecular formula is C15H17N3O4. The molecule has 0 radical (unpaired) electrons. The molecule has 0 spiro atoms. The Hall–Kier alpha value is -2.70. The lowest BCUT2D eigenvalue weighted by molar-refractivity contribution is -0.146. The van der Waals surface area contributed by atoms with Gasteiger partial charge in [0.05, 0.1) is 5.71 Å². The molecule has 1 aromatic rings. The Labute approximate surface area is 127 Å². The molecule has 0 saturated heterocycles. The fraction of sp³-hybridized carbons (Fsp3) is 0.333. The first-order valence-electron chi connectivity index (χ1n) is 7.00. The van der Waals surface area contributed by atoms with Crippen LogP contribution in [0.15, 0.2) is 29.4 Å². The van der Waals surface area contributed by atoms with Gasteiger partial charge in [-0.25, -0.2) is 5.43 Å². The van der Waals surface area contributed by atoms with Crippen LogP contribution >= 0.6 is 0 Å². The number of esters is 1. The number of nitrogens with one attached hydrogen (secondary N) is 2. The Balaban J connectivity index is 1.90. The zero-order valence-corrected chi connectivity index (χ0v) is 12.2. The van der Waals surface area contributed by atoms with Crippen LogP contribution in [0.25, 0.3) is 0 Å². The first-order valence-corrected chi connectivity index (χ1v) is 7.00. The highest BCUT2D eigenvalue weighted by Crippen LogP contribution is 2.14. The molecule has 0 aliphatic carbocycles. The maximum Gasteiger partial charge on any atom is 0.306 e. The Morgan fingerprint density at radius 1 is 1.27 bits per heavy atom. The van der Waals surface area contributed by atoms with Crippen molar-refractivity contribution in [2.24, 2.45) is 5.10 Å². The average Bonchev–Trinajstić information content (AvgIpc) is 2.54. The standard InChI is InChI=1S/C15H17N3O4/c1-2-15(21)22-9-14(20)16-11-5-3-10(4-6-11)12-7-8-13(19)18-17-12/h3-6H,2,7-9H2,1H3,(H,16,20)(H,18,19). The van der Waals surface area contributed by atoms with Crippen molar-refractivity contribution in [2.45, 2.75) is 26.2 Å². The van der Waals surface area contributed by atoms with E-state index in [0.29, 0.717) is 18.5 Å². The molecule has 7 nitrogen and oxygen atoms in total. The molecule has 1 aliphatic rings. The normalized spacial score (nSPS) is 13.9. The van der Waals surface area contributed by atoms with Crippen molar-refractivity contribution < 1.29 is 19.1 Å². The number of hydrogen-bond donors (Lipinski definition) is 2. The molecule has 0 fully saturated rings. The van der Waals surface area contributed by atoms with E-state index in [1.165, 1.54) is 0 Å². The molecular weight excluding hydrogens is 286 g/mol. The van der Waals surface area contributed by atoms with Crippen LogP contribution in [-0.4, -0.2) is 30.1 Å². The smallest absolute Gasteiger partial charge is 0.306 e. The zero-order chi connectivity index (χ0) is 15.9. The molecule has 116 valence electrons. The van der Waals surface area contributed by atoms with E-state index in [1.54, 1.807) is 19.1 Å². The predicted molar refractivity (Wildman–Crippen MR) is 80.2 cm³/mol. The monoisotopic (exact) mass is 303 g/mol. The number of rotatable bonds is 5. The molecule has 2 N–H and O–H groups in total. The average molecular weight is 303 g/mol. The summed E-state index contributed by atoms with van der Waals surface area (Å²) in [7, 11) is 0. The number of carbonyl (C=O) groups excluding carboxylic acids is 3. The largest absolute Gasteiger partial charge is 0.456 e. The van der Waals surface area contributed by atoms with E-state index in [0.717, 1.165) is 11.3 Å². The number of ether oxygens (including phenoxy) is 1. The highest BCUT2D eigenvalue weighted by molar-refractivity contribution is 6.04. The molecule has 2 amide bonds. The van der Waals surface area contributed by atoms with Crippen LogP contribution in [0, 0.1) is 0 Å². The Kier molecular flexibility index (Phi) is 5.24. The van der Waals surface area contributed by atoms with Gasteiger partial charge in [0.2, 0.25) is 5.91 Å². The summed E-state index contributed by atoms with van der Waals surface area (Å²) >= 11 is 0. The lowest BCUT2D eigenvalue weighted by atomic mass is 10.0. The maximum atomic E-state index is 11.6. The summed E-state index contributed by atoms with van der Waals surface area (Å²) in [6, 6.07) is 7.08. The highest BCUT2D eigenvalue weighted by Gasteiger charge is 2.13. The first kappa shape index (κ1) is 15.7. The van der Waals surface area contributed by atoms with Crippen LogP contribution < -0.4 is 10.7 Å². The van der Waals surface area contributed by atoms with Crippen molar-refractivity contribution in [3.8, 4) is 0 Å². The highest BCUT2D eigenvalue weighted by atomic mass is 16.5. The summed E-state index contributed by atoms with van der Waals surface area (Å²) in [6.45, 7) is 1.36. The maximum absolute atomic E-state index is 11.6. The molecule has 0 bridgehead atoms. The summed E-state index contributed by atoms with van der Waals surface area (Å²) in [5.41, 5.74) is 4.72. The number of anilines is 1. The Morgan fingerprint density at radius 2 is 2.00 bits per heavy atom. The molecule has 0 unspecified atom stereocenters. The first-order chi connectivity index (χ1) is 10.6. The van der Waals surface area contributed by atoms with Crippen LogP contribution in [0.2, 0.25) is 0 Å². The molecule has 1 aliphatic heterocycles. The van der Waals surface area contributed by atoms with Gasteiger partial charge in [-0.2, -0.15) is 5.10 Å². The van der Waals surface area contributed by atoms with Gasteiger partial charge >= 0.3 is 5.97 Å². The summed E-state index contributed by atoms with van der Waals surface area (Å²) in [5.74, 6) is -0.895. The van der Waals surface area contributed by atoms with Gasteiger partial charge in [-0.05, 0) is 17.7 Å². The Morgan fingerprint density at radius 3 is 2.59 bits per heavy atom. The van der Waals surface area contributed by atoms with Gasteiger partial charge < -0.3 is 10.1 Å². The lowest BCUT2D eigenvalue weighted by Gasteiger charge is -2.12. The van der Waals surface area contributed by atoms with Gasteiger partial charge in [-0.15, -0.1) is 0 Å². The van der Waals surface area contributed by atoms with E-state index in [4.69, 9.17) is 4.74 Å². The van der Waals surface area contributed by atoms with E-state index in [-0.39, 0.29) is 18.9 Å². The van der Waals surface area contributed by atoms with E-state index in [2.05, 4.69) is 15.8 Å². The van der Waals surface area contributed by atoms with Crippen LogP contribution in [0.5, 0.6) is 0 Å². The Bertz CT molecular complexity index is 608. The van der Waals surface area contributed by atoms with Crippen LogP contribution in [0.1, 0.15) is 31.7 Å². The topological polar surface area (TPSA) is 96.9 Å². The molecule has 2 rings (SSSR count). The summed E-state index contributed by atoms with van der Waals surface area (Å²) < 4.78 is 4.74. The molecule has 0 aromatic heterocycles. The lowest BCUT2D eigenvalue weighted by Crippen LogP contribution is -2.25. The summed E-state index contributed by atoms with van der Waals surface area (Å²) in [6.07, 6.45) is 1.24. The number of amides is 2. The second-order valence-corrected chi connectivity index (χ2v) is 4.73. The number of hydrazone groups is 1. The van der Waals surface area contributed by atoms with Crippen molar-refractivity contribution >= 4 is 29.2 Å². The van der Waals surface area contributed by atoms with E-state index in [1.807, 2.05) is 12.1 Å². The molecule has 0 atom stereocenters. The quantitative estimate of drug-likeness (QED) is 0.798. The summed E-state index contributed by atoms with van der Waals surface area (Å²) in [4.78, 5) is 33.6. The SMILES string of the molecule is CCC(=O)OCC(=O)Nc1ccc(C2=NNC(=O)CC2)cc1. The number of hydrogen-bond acceptors (Lipinski definition) is 5. The van der Waals surface area contributed by atoms with Crippen LogP contribution in [0.3, 0.4) is 0 Å². The third-order valence-electron chi connectivity index (χ3n) is 3.06. The summed E-state index contributed by atoms with van der Waals surface area (Å²) in [5, 5.41) is 6.63. The minimum absolute atomic E-state index is 0.0886. The van der Waals surface area contributed by atoms with Crippen molar-refractivity contribution in [3.63, 3.8) is 0 Å². The minimum Gasteiger partial charge on any atom is -0.456 e. The second kappa shape index (κ2) is 7.35. The van der Waals surface area contributed by atoms with E-state index in [9.17, 15) is 14.4 Å². The number of benzene rings is 1. The van der Waals surface area contributed by atoms with E-state index >= 15 is 0 Å². The van der Waals surface area contributed by atoms with Crippen molar-refractivity contribution in [1.29, 1.82) is 0 Å². The van der Waals surface area contributed by atoms with Gasteiger partial charge in [0.15, 0.2) is 6.61 Å². The fourth-order valence-corrected chi connectivity index (χ4v) is 1.87. The third-order valence-corrected chi connectivity index (χ3v) is 3.06. The number of carbonyl (C=O) groups is 3. The second-order valence-electron chi connectivity index (χ2n) is 4.73. The minimum atomic E-state index is -0.414. The fourth-order valence-electron chi connectivity index (χ4n) is 1.87. The van der Waals surface area contributed by atoms with Crippen molar-refractivity contribution in [3.05, 3.63) is 29.8 Å². The molecule has 7 heteroatoms. The van der Waals surface area contributed by atoms with Gasteiger partial charge in [-0.3, -0.25) is 14.4 Å². The van der Waals surface area contributed by atoms with Crippen molar-refractivity contribution in [2.75, 3.05) is 11.9 Å². The van der Waals surface area contributed by atoms with Gasteiger partial charge in [0, 0.05) is 24.9 Å². The van der Waals surface area contributed by atoms with Gasteiger partial charge in [0.25, 0.3) is 5.91 Å². The number of nitrogens with zero attached hydrogens (tertiary/aromatic N) is 1. The molecule has 22 heavy (non-hydrogen) atoms. The molecule has 1 heterocycles. The van der Waals surface area contributed by atoms with Gasteiger partial charge in [-0.1, -0.05) is 19.1 Å². The zero-order valence-electron chi connectivity index (χ0n) is 12.2. The molecule has 0 saturated carbocycles. The van der Waals surface area contributed by atoms with Crippen LogP contribution in [0.4, 0.5) is 5.69 Å². The third kappa shape index (κ3) is 4.41. The molecule has 1 aromatic carbocycles. The van der Waals surface area contributed by atoms with Gasteiger partial charge in [0.1, 0.15) is 0 Å².